The van der Waals surface area contributed by atoms with E-state index in [0.29, 0.717) is 0 Å². The van der Waals surface area contributed by atoms with Crippen molar-refractivity contribution in [1.82, 2.24) is 0 Å². The number of hydrogen-bond donors (Lipinski definition) is 3. The molecule has 4 nitrogen and oxygen atoms in total. The molecule has 0 atom stereocenters. The van der Waals surface area contributed by atoms with E-state index < -0.39 is 5.91 Å². The Morgan fingerprint density at radius 3 is 2.58 bits per heavy atom. The molecule has 0 saturated heterocycles. The lowest BCUT2D eigenvalue weighted by Crippen LogP contribution is -2.11. The van der Waals surface area contributed by atoms with E-state index in [2.05, 4.69) is 0 Å². The molecule has 5 heteroatoms. The molecule has 0 aliphatic carbocycles. The molecule has 12 heavy (non-hydrogen) atoms. The number of benzene rings is 1. The summed E-state index contributed by atoms with van der Waals surface area (Å²) in [5.74, 6) is -1.09. The lowest BCUT2D eigenvalue weighted by Gasteiger charge is -2.03. The topological polar surface area (TPSA) is 89.3 Å². The summed E-state index contributed by atoms with van der Waals surface area (Å²) in [6.07, 6.45) is 0. The van der Waals surface area contributed by atoms with Gasteiger partial charge in [0.05, 0.1) is 11.3 Å². The fourth-order valence-corrected chi connectivity index (χ4v) is 1.03. The van der Waals surface area contributed by atoms with Crippen molar-refractivity contribution in [1.29, 1.82) is 0 Å². The third-order valence-corrected chi connectivity index (χ3v) is 1.59. The lowest BCUT2D eigenvalue weighted by atomic mass is 10.1. The van der Waals surface area contributed by atoms with Gasteiger partial charge in [-0.15, -0.1) is 0 Å². The third kappa shape index (κ3) is 1.43. The van der Waals surface area contributed by atoms with Crippen LogP contribution in [0.1, 0.15) is 10.4 Å². The van der Waals surface area contributed by atoms with Gasteiger partial charge in [-0.2, -0.15) is 0 Å². The zero-order valence-corrected chi connectivity index (χ0v) is 6.80. The molecular formula is C7H7ClN2O2. The summed E-state index contributed by atoms with van der Waals surface area (Å²) in [4.78, 5) is 10.7. The standard InChI is InChI=1S/C7H7ClN2O2/c8-3-1-4(7(10)12)6(11)5(9)2-3/h1-2,11H,9H2,(H2,10,12). The smallest absolute Gasteiger partial charge is 0.252 e. The number of rotatable bonds is 1. The summed E-state index contributed by atoms with van der Waals surface area (Å²) >= 11 is 5.57. The largest absolute Gasteiger partial charge is 0.505 e. The minimum Gasteiger partial charge on any atom is -0.505 e. The van der Waals surface area contributed by atoms with Gasteiger partial charge in [-0.1, -0.05) is 11.6 Å². The van der Waals surface area contributed by atoms with Gasteiger partial charge in [0, 0.05) is 5.02 Å². The van der Waals surface area contributed by atoms with Crippen LogP contribution in [0.5, 0.6) is 5.75 Å². The van der Waals surface area contributed by atoms with Crippen molar-refractivity contribution in [3.63, 3.8) is 0 Å². The van der Waals surface area contributed by atoms with Crippen LogP contribution >= 0.6 is 11.6 Å². The molecule has 0 radical (unpaired) electrons. The average molecular weight is 187 g/mol. The van der Waals surface area contributed by atoms with Crippen molar-refractivity contribution in [3.05, 3.63) is 22.7 Å². The molecule has 0 saturated carbocycles. The van der Waals surface area contributed by atoms with Crippen LogP contribution in [0.4, 0.5) is 5.69 Å². The molecule has 1 aromatic rings. The number of nitrogen functional groups attached to an aromatic ring is 1. The van der Waals surface area contributed by atoms with Crippen molar-refractivity contribution in [2.75, 3.05) is 5.73 Å². The molecular weight excluding hydrogens is 180 g/mol. The first-order chi connectivity index (χ1) is 5.52. The van der Waals surface area contributed by atoms with Gasteiger partial charge in [0.15, 0.2) is 5.75 Å². The van der Waals surface area contributed by atoms with E-state index in [1.165, 1.54) is 12.1 Å². The highest BCUT2D eigenvalue weighted by Crippen LogP contribution is 2.28. The predicted octanol–water partition coefficient (Wildman–Crippen LogP) is 0.727. The van der Waals surface area contributed by atoms with E-state index >= 15 is 0 Å². The number of nitrogens with two attached hydrogens (primary N) is 2. The molecule has 1 amide bonds. The van der Waals surface area contributed by atoms with Crippen molar-refractivity contribution in [2.24, 2.45) is 5.73 Å². The second kappa shape index (κ2) is 2.91. The highest BCUT2D eigenvalue weighted by Gasteiger charge is 2.11. The summed E-state index contributed by atoms with van der Waals surface area (Å²) in [5, 5.41) is 9.47. The summed E-state index contributed by atoms with van der Waals surface area (Å²) in [6.45, 7) is 0. The molecule has 0 aliphatic heterocycles. The minimum atomic E-state index is -0.762. The summed E-state index contributed by atoms with van der Waals surface area (Å²) in [5.41, 5.74) is 10.2. The minimum absolute atomic E-state index is 0.0382. The highest BCUT2D eigenvalue weighted by molar-refractivity contribution is 6.31. The lowest BCUT2D eigenvalue weighted by molar-refractivity contribution is 0.0998. The van der Waals surface area contributed by atoms with Crippen LogP contribution < -0.4 is 11.5 Å². The number of hydrogen-bond acceptors (Lipinski definition) is 3. The van der Waals surface area contributed by atoms with Gasteiger partial charge in [0.25, 0.3) is 5.91 Å². The summed E-state index contributed by atoms with van der Waals surface area (Å²) < 4.78 is 0. The van der Waals surface area contributed by atoms with Gasteiger partial charge in [-0.3, -0.25) is 4.79 Å². The first-order valence-corrected chi connectivity index (χ1v) is 3.48. The predicted molar refractivity (Wildman–Crippen MR) is 46.0 cm³/mol. The molecule has 64 valence electrons. The first kappa shape index (κ1) is 8.67. The number of primary amides is 1. The molecule has 0 fully saturated rings. The van der Waals surface area contributed by atoms with E-state index in [-0.39, 0.29) is 22.0 Å². The van der Waals surface area contributed by atoms with Crippen LogP contribution in [-0.2, 0) is 0 Å². The van der Waals surface area contributed by atoms with Gasteiger partial charge in [0.2, 0.25) is 0 Å². The van der Waals surface area contributed by atoms with Gasteiger partial charge in [-0.05, 0) is 12.1 Å². The Morgan fingerprint density at radius 2 is 2.08 bits per heavy atom. The molecule has 5 N–H and O–H groups in total. The summed E-state index contributed by atoms with van der Waals surface area (Å²) in [7, 11) is 0. The van der Waals surface area contributed by atoms with Crippen molar-refractivity contribution in [3.8, 4) is 5.75 Å². The normalized spacial score (nSPS) is 9.75. The molecule has 0 aromatic heterocycles. The molecule has 0 spiro atoms. The average Bonchev–Trinajstić information content (AvgIpc) is 1.96. The first-order valence-electron chi connectivity index (χ1n) is 3.10. The summed E-state index contributed by atoms with van der Waals surface area (Å²) in [6, 6.07) is 2.60. The van der Waals surface area contributed by atoms with Gasteiger partial charge >= 0.3 is 0 Å². The highest BCUT2D eigenvalue weighted by atomic mass is 35.5. The number of phenols is 1. The van der Waals surface area contributed by atoms with Gasteiger partial charge in [0.1, 0.15) is 0 Å². The van der Waals surface area contributed by atoms with E-state index in [9.17, 15) is 9.90 Å². The maximum atomic E-state index is 10.7. The monoisotopic (exact) mass is 186 g/mol. The maximum Gasteiger partial charge on any atom is 0.252 e. The number of carbonyl (C=O) groups is 1. The van der Waals surface area contributed by atoms with E-state index in [1.807, 2.05) is 0 Å². The Morgan fingerprint density at radius 1 is 1.50 bits per heavy atom. The third-order valence-electron chi connectivity index (χ3n) is 1.37. The quantitative estimate of drug-likeness (QED) is 0.446. The van der Waals surface area contributed by atoms with Crippen molar-refractivity contribution < 1.29 is 9.90 Å². The number of carbonyl (C=O) groups excluding carboxylic acids is 1. The molecule has 0 heterocycles. The Hall–Kier alpha value is -1.42. The maximum absolute atomic E-state index is 10.7. The molecule has 0 aliphatic rings. The molecule has 0 unspecified atom stereocenters. The van der Waals surface area contributed by atoms with E-state index in [4.69, 9.17) is 23.1 Å². The zero-order chi connectivity index (χ0) is 9.30. The number of anilines is 1. The fourth-order valence-electron chi connectivity index (χ4n) is 0.808. The number of aromatic hydroxyl groups is 1. The second-order valence-electron chi connectivity index (χ2n) is 2.26. The Kier molecular flexibility index (Phi) is 2.10. The molecule has 1 rings (SSSR count). The fraction of sp³-hybridized carbons (Fsp3) is 0. The Labute approximate surface area is 73.7 Å². The molecule has 0 bridgehead atoms. The van der Waals surface area contributed by atoms with Crippen molar-refractivity contribution >= 4 is 23.2 Å². The van der Waals surface area contributed by atoms with Crippen LogP contribution in [0.2, 0.25) is 5.02 Å². The van der Waals surface area contributed by atoms with Crippen LogP contribution in [0.15, 0.2) is 12.1 Å². The van der Waals surface area contributed by atoms with Gasteiger partial charge in [-0.25, -0.2) is 0 Å². The zero-order valence-electron chi connectivity index (χ0n) is 6.04. The Bertz CT molecular complexity index is 338. The second-order valence-corrected chi connectivity index (χ2v) is 2.69. The van der Waals surface area contributed by atoms with E-state index in [1.54, 1.807) is 0 Å². The van der Waals surface area contributed by atoms with Crippen LogP contribution in [0.25, 0.3) is 0 Å². The number of halogens is 1. The molecule has 1 aromatic carbocycles. The van der Waals surface area contributed by atoms with Crippen LogP contribution in [-0.4, -0.2) is 11.0 Å². The van der Waals surface area contributed by atoms with Gasteiger partial charge < -0.3 is 16.6 Å². The van der Waals surface area contributed by atoms with Crippen molar-refractivity contribution in [2.45, 2.75) is 0 Å². The Balaban J connectivity index is 3.37. The van der Waals surface area contributed by atoms with E-state index in [0.717, 1.165) is 0 Å². The SMILES string of the molecule is NC(=O)c1cc(Cl)cc(N)c1O. The number of amides is 1. The van der Waals surface area contributed by atoms with Crippen LogP contribution in [0, 0.1) is 0 Å². The van der Waals surface area contributed by atoms with Crippen LogP contribution in [0.3, 0.4) is 0 Å².